The largest absolute Gasteiger partial charge is 0.323 e. The van der Waals surface area contributed by atoms with Gasteiger partial charge in [-0.1, -0.05) is 37.8 Å². The van der Waals surface area contributed by atoms with E-state index in [9.17, 15) is 0 Å². The van der Waals surface area contributed by atoms with Gasteiger partial charge >= 0.3 is 0 Å². The van der Waals surface area contributed by atoms with E-state index in [0.717, 1.165) is 24.4 Å². The highest BCUT2D eigenvalue weighted by atomic mass is 15.2. The molecule has 2 bridgehead atoms. The van der Waals surface area contributed by atoms with E-state index in [0.29, 0.717) is 12.1 Å². The van der Waals surface area contributed by atoms with Crippen molar-refractivity contribution in [3.8, 4) is 0 Å². The molecule has 0 radical (unpaired) electrons. The Morgan fingerprint density at radius 3 is 2.30 bits per heavy atom. The Kier molecular flexibility index (Phi) is 5.32. The van der Waals surface area contributed by atoms with Crippen LogP contribution in [0, 0.1) is 11.8 Å². The number of para-hydroxylation sites is 2. The minimum absolute atomic E-state index is 0.442. The third kappa shape index (κ3) is 3.60. The van der Waals surface area contributed by atoms with Crippen molar-refractivity contribution < 1.29 is 0 Å². The zero-order valence-electron chi connectivity index (χ0n) is 18.4. The first-order chi connectivity index (χ1) is 14.8. The number of aromatic nitrogens is 2. The summed E-state index contributed by atoms with van der Waals surface area (Å²) in [6.45, 7) is 3.69. The molecule has 4 heteroatoms. The fraction of sp³-hybridized carbons (Fsp3) is 0.731. The molecule has 3 heterocycles. The number of likely N-dealkylation sites (tertiary alicyclic amines) is 1. The van der Waals surface area contributed by atoms with Gasteiger partial charge in [-0.05, 0) is 75.5 Å². The van der Waals surface area contributed by atoms with Gasteiger partial charge in [0.1, 0.15) is 5.82 Å². The number of hydrogen-bond acceptors (Lipinski definition) is 3. The number of benzene rings is 1. The highest BCUT2D eigenvalue weighted by Crippen LogP contribution is 2.41. The number of hydrogen-bond donors (Lipinski definition) is 1. The molecule has 4 aliphatic rings. The van der Waals surface area contributed by atoms with Gasteiger partial charge in [0.15, 0.2) is 0 Å². The zero-order chi connectivity index (χ0) is 19.9. The Labute approximate surface area is 181 Å². The summed E-state index contributed by atoms with van der Waals surface area (Å²) in [4.78, 5) is 8.00. The lowest BCUT2D eigenvalue weighted by Gasteiger charge is -2.43. The minimum Gasteiger partial charge on any atom is -0.323 e. The average molecular weight is 407 g/mol. The second-order valence-electron chi connectivity index (χ2n) is 10.6. The monoisotopic (exact) mass is 406 g/mol. The van der Waals surface area contributed by atoms with E-state index in [2.05, 4.69) is 39.0 Å². The molecule has 1 aromatic carbocycles. The topological polar surface area (TPSA) is 33.1 Å². The van der Waals surface area contributed by atoms with Crippen LogP contribution in [-0.4, -0.2) is 40.1 Å². The van der Waals surface area contributed by atoms with Gasteiger partial charge in [0, 0.05) is 25.2 Å². The maximum Gasteiger partial charge on any atom is 0.127 e. The van der Waals surface area contributed by atoms with Crippen molar-refractivity contribution in [2.75, 3.05) is 19.6 Å². The Hall–Kier alpha value is -1.39. The van der Waals surface area contributed by atoms with Crippen molar-refractivity contribution in [3.63, 3.8) is 0 Å². The van der Waals surface area contributed by atoms with Crippen molar-refractivity contribution in [3.05, 3.63) is 30.1 Å². The van der Waals surface area contributed by atoms with Gasteiger partial charge in [-0.3, -0.25) is 0 Å². The van der Waals surface area contributed by atoms with Gasteiger partial charge in [-0.15, -0.1) is 0 Å². The maximum absolute atomic E-state index is 5.11. The maximum atomic E-state index is 5.11. The number of piperidine rings is 1. The van der Waals surface area contributed by atoms with Gasteiger partial charge in [0.25, 0.3) is 0 Å². The predicted octanol–water partition coefficient (Wildman–Crippen LogP) is 5.46. The lowest BCUT2D eigenvalue weighted by molar-refractivity contribution is 0.0711. The van der Waals surface area contributed by atoms with Crippen LogP contribution < -0.4 is 5.32 Å². The predicted molar refractivity (Wildman–Crippen MR) is 123 cm³/mol. The van der Waals surface area contributed by atoms with Crippen molar-refractivity contribution in [2.24, 2.45) is 11.8 Å². The fourth-order valence-electron chi connectivity index (χ4n) is 7.27. The van der Waals surface area contributed by atoms with E-state index in [1.54, 1.807) is 0 Å². The molecule has 30 heavy (non-hydrogen) atoms. The Morgan fingerprint density at radius 2 is 1.57 bits per heavy atom. The lowest BCUT2D eigenvalue weighted by Crippen LogP contribution is -2.45. The van der Waals surface area contributed by atoms with E-state index < -0.39 is 0 Å². The van der Waals surface area contributed by atoms with Crippen LogP contribution in [0.15, 0.2) is 24.3 Å². The van der Waals surface area contributed by atoms with Gasteiger partial charge in [0.2, 0.25) is 0 Å². The second-order valence-corrected chi connectivity index (χ2v) is 10.6. The highest BCUT2D eigenvalue weighted by molar-refractivity contribution is 5.76. The SMILES string of the molecule is c1ccc2c(c1)nc([C@H]1CCCN1)n2C1CCN([C@@H]2C[C@@H]3CCCC[C@@H](C3)C2)CC1. The summed E-state index contributed by atoms with van der Waals surface area (Å²) in [5.74, 6) is 3.34. The summed E-state index contributed by atoms with van der Waals surface area (Å²) < 4.78 is 2.64. The molecule has 162 valence electrons. The van der Waals surface area contributed by atoms with Gasteiger partial charge in [0.05, 0.1) is 17.1 Å². The molecule has 4 atom stereocenters. The third-order valence-corrected chi connectivity index (χ3v) is 8.73. The second kappa shape index (κ2) is 8.27. The van der Waals surface area contributed by atoms with Crippen LogP contribution in [0.5, 0.6) is 0 Å². The Morgan fingerprint density at radius 1 is 0.800 bits per heavy atom. The molecule has 4 fully saturated rings. The smallest absolute Gasteiger partial charge is 0.127 e. The van der Waals surface area contributed by atoms with Gasteiger partial charge in [-0.25, -0.2) is 4.98 Å². The lowest BCUT2D eigenvalue weighted by atomic mass is 9.77. The minimum atomic E-state index is 0.442. The number of rotatable bonds is 3. The summed E-state index contributed by atoms with van der Waals surface area (Å²) in [6, 6.07) is 10.7. The first kappa shape index (κ1) is 19.3. The first-order valence-electron chi connectivity index (χ1n) is 12.8. The van der Waals surface area contributed by atoms with Crippen LogP contribution in [0.25, 0.3) is 11.0 Å². The summed E-state index contributed by atoms with van der Waals surface area (Å²) in [6.07, 6.45) is 15.5. The van der Waals surface area contributed by atoms with Crippen molar-refractivity contribution in [1.29, 1.82) is 0 Å². The third-order valence-electron chi connectivity index (χ3n) is 8.73. The normalized spacial score (nSPS) is 33.7. The van der Waals surface area contributed by atoms with E-state index >= 15 is 0 Å². The molecule has 2 aromatic rings. The van der Waals surface area contributed by atoms with E-state index in [1.165, 1.54) is 101 Å². The molecule has 2 saturated heterocycles. The zero-order valence-corrected chi connectivity index (χ0v) is 18.4. The number of nitrogens with zero attached hydrogens (tertiary/aromatic N) is 3. The molecular weight excluding hydrogens is 368 g/mol. The van der Waals surface area contributed by atoms with E-state index in [-0.39, 0.29) is 0 Å². The Balaban J connectivity index is 1.20. The van der Waals surface area contributed by atoms with Crippen LogP contribution in [0.3, 0.4) is 0 Å². The summed E-state index contributed by atoms with van der Waals surface area (Å²) in [5.41, 5.74) is 2.53. The fourth-order valence-corrected chi connectivity index (χ4v) is 7.27. The quantitative estimate of drug-likeness (QED) is 0.735. The average Bonchev–Trinajstić information content (AvgIpc) is 3.41. The number of imidazole rings is 1. The molecule has 1 N–H and O–H groups in total. The molecule has 2 aliphatic heterocycles. The van der Waals surface area contributed by atoms with Crippen molar-refractivity contribution >= 4 is 11.0 Å². The van der Waals surface area contributed by atoms with Crippen LogP contribution >= 0.6 is 0 Å². The molecule has 0 amide bonds. The molecule has 4 nitrogen and oxygen atoms in total. The van der Waals surface area contributed by atoms with Gasteiger partial charge in [-0.2, -0.15) is 0 Å². The molecule has 0 unspecified atom stereocenters. The molecule has 2 aliphatic carbocycles. The van der Waals surface area contributed by atoms with Crippen molar-refractivity contribution in [1.82, 2.24) is 19.8 Å². The van der Waals surface area contributed by atoms with Crippen molar-refractivity contribution in [2.45, 2.75) is 88.8 Å². The Bertz CT molecular complexity index is 845. The highest BCUT2D eigenvalue weighted by Gasteiger charge is 2.36. The standard InChI is InChI=1S/C26H38N4/c1-2-7-20-16-19(6-1)17-22(18-20)29-14-11-21(12-15-29)30-25-10-4-3-8-23(25)28-26(30)24-9-5-13-27-24/h3-4,8,10,19-22,24,27H,1-2,5-7,9,11-18H2/t19-,20+,22-,24-/m1/s1. The van der Waals surface area contributed by atoms with Crippen LogP contribution in [-0.2, 0) is 0 Å². The number of nitrogens with one attached hydrogen (secondary N) is 1. The summed E-state index contributed by atoms with van der Waals surface area (Å²) >= 11 is 0. The number of fused-ring (bicyclic) bond motifs is 3. The summed E-state index contributed by atoms with van der Waals surface area (Å²) in [7, 11) is 0. The van der Waals surface area contributed by atoms with Crippen LogP contribution in [0.1, 0.15) is 88.5 Å². The van der Waals surface area contributed by atoms with E-state index in [4.69, 9.17) is 4.98 Å². The summed E-state index contributed by atoms with van der Waals surface area (Å²) in [5, 5.41) is 3.71. The van der Waals surface area contributed by atoms with Crippen LogP contribution in [0.4, 0.5) is 0 Å². The molecular formula is C26H38N4. The van der Waals surface area contributed by atoms with Gasteiger partial charge < -0.3 is 14.8 Å². The molecule has 0 spiro atoms. The molecule has 1 aromatic heterocycles. The molecule has 2 saturated carbocycles. The van der Waals surface area contributed by atoms with Crippen LogP contribution in [0.2, 0.25) is 0 Å². The van der Waals surface area contributed by atoms with E-state index in [1.807, 2.05) is 0 Å². The molecule has 6 rings (SSSR count). The first-order valence-corrected chi connectivity index (χ1v) is 12.8.